The number of rotatable bonds is 6. The van der Waals surface area contributed by atoms with Gasteiger partial charge in [-0.25, -0.2) is 4.98 Å². The number of anilines is 2. The molecular formula is C18H25N5. The number of aromatic nitrogens is 3. The van der Waals surface area contributed by atoms with E-state index in [0.717, 1.165) is 55.5 Å². The van der Waals surface area contributed by atoms with E-state index in [1.807, 2.05) is 30.6 Å². The second-order valence-electron chi connectivity index (χ2n) is 5.97. The summed E-state index contributed by atoms with van der Waals surface area (Å²) >= 11 is 0. The van der Waals surface area contributed by atoms with Gasteiger partial charge in [-0.2, -0.15) is 4.98 Å². The first kappa shape index (κ1) is 15.7. The average Bonchev–Trinajstić information content (AvgIpc) is 2.63. The minimum absolute atomic E-state index is 0.721. The van der Waals surface area contributed by atoms with E-state index in [1.165, 1.54) is 19.3 Å². The van der Waals surface area contributed by atoms with Crippen molar-refractivity contribution < 1.29 is 0 Å². The monoisotopic (exact) mass is 311 g/mol. The van der Waals surface area contributed by atoms with E-state index >= 15 is 0 Å². The maximum atomic E-state index is 4.81. The van der Waals surface area contributed by atoms with Crippen molar-refractivity contribution in [2.75, 3.05) is 29.9 Å². The number of nitrogens with one attached hydrogen (secondary N) is 1. The fourth-order valence-corrected chi connectivity index (χ4v) is 2.88. The summed E-state index contributed by atoms with van der Waals surface area (Å²) in [6.45, 7) is 5.22. The van der Waals surface area contributed by atoms with Crippen LogP contribution in [0.15, 0.2) is 30.6 Å². The van der Waals surface area contributed by atoms with Crippen molar-refractivity contribution in [3.05, 3.63) is 30.6 Å². The predicted octanol–water partition coefficient (Wildman–Crippen LogP) is 3.74. The van der Waals surface area contributed by atoms with Crippen LogP contribution in [0.2, 0.25) is 0 Å². The van der Waals surface area contributed by atoms with E-state index in [9.17, 15) is 0 Å². The first-order valence-electron chi connectivity index (χ1n) is 8.65. The van der Waals surface area contributed by atoms with Gasteiger partial charge in [-0.05, 0) is 37.8 Å². The lowest BCUT2D eigenvalue weighted by Gasteiger charge is -2.29. The van der Waals surface area contributed by atoms with E-state index in [-0.39, 0.29) is 0 Å². The van der Waals surface area contributed by atoms with Crippen LogP contribution in [0.4, 0.5) is 11.8 Å². The molecule has 1 fully saturated rings. The van der Waals surface area contributed by atoms with E-state index < -0.39 is 0 Å². The fraction of sp³-hybridized carbons (Fsp3) is 0.500. The number of hydrogen-bond donors (Lipinski definition) is 1. The Labute approximate surface area is 138 Å². The Balaban J connectivity index is 1.91. The van der Waals surface area contributed by atoms with Crippen molar-refractivity contribution in [2.24, 2.45) is 0 Å². The van der Waals surface area contributed by atoms with Gasteiger partial charge in [-0.15, -0.1) is 0 Å². The van der Waals surface area contributed by atoms with Crippen LogP contribution in [0.3, 0.4) is 0 Å². The third kappa shape index (κ3) is 3.97. The molecule has 0 unspecified atom stereocenters. The quantitative estimate of drug-likeness (QED) is 0.824. The van der Waals surface area contributed by atoms with Crippen LogP contribution in [-0.2, 0) is 0 Å². The molecule has 0 saturated carbocycles. The van der Waals surface area contributed by atoms with Crippen LogP contribution >= 0.6 is 0 Å². The molecule has 5 heteroatoms. The first-order chi connectivity index (χ1) is 11.4. The highest BCUT2D eigenvalue weighted by molar-refractivity contribution is 5.73. The molecule has 0 radical (unpaired) electrons. The summed E-state index contributed by atoms with van der Waals surface area (Å²) in [5.41, 5.74) is 1.96. The van der Waals surface area contributed by atoms with Gasteiger partial charge < -0.3 is 10.2 Å². The Morgan fingerprint density at radius 1 is 1.13 bits per heavy atom. The van der Waals surface area contributed by atoms with Gasteiger partial charge in [0, 0.05) is 32.0 Å². The summed E-state index contributed by atoms with van der Waals surface area (Å²) in [5.74, 6) is 1.73. The zero-order valence-electron chi connectivity index (χ0n) is 13.8. The molecule has 3 heterocycles. The van der Waals surface area contributed by atoms with Gasteiger partial charge in [0.2, 0.25) is 5.95 Å². The van der Waals surface area contributed by atoms with Crippen molar-refractivity contribution in [2.45, 2.75) is 39.0 Å². The summed E-state index contributed by atoms with van der Waals surface area (Å²) < 4.78 is 0. The maximum absolute atomic E-state index is 4.81. The average molecular weight is 311 g/mol. The zero-order chi connectivity index (χ0) is 15.9. The van der Waals surface area contributed by atoms with E-state index in [0.29, 0.717) is 0 Å². The van der Waals surface area contributed by atoms with Gasteiger partial charge in [0.1, 0.15) is 5.82 Å². The highest BCUT2D eigenvalue weighted by Gasteiger charge is 2.18. The van der Waals surface area contributed by atoms with Crippen LogP contribution in [0.5, 0.6) is 0 Å². The first-order valence-corrected chi connectivity index (χ1v) is 8.65. The highest BCUT2D eigenvalue weighted by atomic mass is 15.2. The lowest BCUT2D eigenvalue weighted by atomic mass is 10.1. The molecule has 5 nitrogen and oxygen atoms in total. The Bertz CT molecular complexity index is 608. The lowest BCUT2D eigenvalue weighted by molar-refractivity contribution is 0.573. The van der Waals surface area contributed by atoms with Gasteiger partial charge in [0.05, 0.1) is 11.3 Å². The number of pyridine rings is 1. The van der Waals surface area contributed by atoms with Gasteiger partial charge in [0.25, 0.3) is 0 Å². The SMILES string of the molecule is CCCCNc1ncc(-c2ccccn2)c(N2CCCCC2)n1. The molecule has 1 N–H and O–H groups in total. The zero-order valence-corrected chi connectivity index (χ0v) is 13.8. The molecule has 1 aliphatic heterocycles. The standard InChI is InChI=1S/C18H25N5/c1-2-3-10-20-18-21-14-15(16-9-5-6-11-19-16)17(22-18)23-12-7-4-8-13-23/h5-6,9,11,14H,2-4,7-8,10,12-13H2,1H3,(H,20,21,22). The summed E-state index contributed by atoms with van der Waals surface area (Å²) in [5, 5.41) is 3.33. The largest absolute Gasteiger partial charge is 0.356 e. The molecule has 1 saturated heterocycles. The van der Waals surface area contributed by atoms with Crippen LogP contribution in [0, 0.1) is 0 Å². The molecule has 2 aromatic heterocycles. The fourth-order valence-electron chi connectivity index (χ4n) is 2.88. The Morgan fingerprint density at radius 3 is 2.74 bits per heavy atom. The summed E-state index contributed by atoms with van der Waals surface area (Å²) in [6, 6.07) is 5.97. The molecule has 0 amide bonds. The minimum Gasteiger partial charge on any atom is -0.356 e. The topological polar surface area (TPSA) is 53.9 Å². The maximum Gasteiger partial charge on any atom is 0.224 e. The predicted molar refractivity (Wildman–Crippen MR) is 94.7 cm³/mol. The molecular weight excluding hydrogens is 286 g/mol. The Kier molecular flexibility index (Phi) is 5.40. The van der Waals surface area contributed by atoms with Crippen LogP contribution in [-0.4, -0.2) is 34.6 Å². The number of nitrogens with zero attached hydrogens (tertiary/aromatic N) is 4. The van der Waals surface area contributed by atoms with Gasteiger partial charge >= 0.3 is 0 Å². The second-order valence-corrected chi connectivity index (χ2v) is 5.97. The van der Waals surface area contributed by atoms with Crippen molar-refractivity contribution in [1.29, 1.82) is 0 Å². The molecule has 23 heavy (non-hydrogen) atoms. The molecule has 0 spiro atoms. The highest BCUT2D eigenvalue weighted by Crippen LogP contribution is 2.29. The molecule has 0 aromatic carbocycles. The third-order valence-corrected chi connectivity index (χ3v) is 4.18. The van der Waals surface area contributed by atoms with Crippen molar-refractivity contribution in [3.8, 4) is 11.3 Å². The van der Waals surface area contributed by atoms with Crippen LogP contribution in [0.1, 0.15) is 39.0 Å². The number of hydrogen-bond acceptors (Lipinski definition) is 5. The molecule has 0 bridgehead atoms. The van der Waals surface area contributed by atoms with Gasteiger partial charge in [-0.1, -0.05) is 19.4 Å². The smallest absolute Gasteiger partial charge is 0.224 e. The number of piperidine rings is 1. The summed E-state index contributed by atoms with van der Waals surface area (Å²) in [7, 11) is 0. The molecule has 0 atom stereocenters. The molecule has 122 valence electrons. The van der Waals surface area contributed by atoms with Crippen LogP contribution in [0.25, 0.3) is 11.3 Å². The summed E-state index contributed by atoms with van der Waals surface area (Å²) in [4.78, 5) is 16.2. The van der Waals surface area contributed by atoms with Crippen molar-refractivity contribution in [1.82, 2.24) is 15.0 Å². The van der Waals surface area contributed by atoms with Crippen molar-refractivity contribution >= 4 is 11.8 Å². The molecule has 0 aliphatic carbocycles. The normalized spacial score (nSPS) is 14.7. The summed E-state index contributed by atoms with van der Waals surface area (Å²) in [6.07, 6.45) is 9.79. The van der Waals surface area contributed by atoms with Crippen molar-refractivity contribution in [3.63, 3.8) is 0 Å². The molecule has 3 rings (SSSR count). The van der Waals surface area contributed by atoms with Gasteiger partial charge in [0.15, 0.2) is 0 Å². The molecule has 2 aromatic rings. The number of unbranched alkanes of at least 4 members (excludes halogenated alkanes) is 1. The van der Waals surface area contributed by atoms with E-state index in [4.69, 9.17) is 4.98 Å². The third-order valence-electron chi connectivity index (χ3n) is 4.18. The van der Waals surface area contributed by atoms with Crippen LogP contribution < -0.4 is 10.2 Å². The lowest BCUT2D eigenvalue weighted by Crippen LogP contribution is -2.31. The Hall–Kier alpha value is -2.17. The van der Waals surface area contributed by atoms with Gasteiger partial charge in [-0.3, -0.25) is 4.98 Å². The van der Waals surface area contributed by atoms with E-state index in [1.54, 1.807) is 0 Å². The Morgan fingerprint density at radius 2 is 2.00 bits per heavy atom. The second kappa shape index (κ2) is 7.90. The van der Waals surface area contributed by atoms with E-state index in [2.05, 4.69) is 27.1 Å². The molecule has 1 aliphatic rings. The minimum atomic E-state index is 0.721.